The Hall–Kier alpha value is -1.16. The van der Waals surface area contributed by atoms with Gasteiger partial charge in [0, 0.05) is 14.8 Å². The largest absolute Gasteiger partial charge is 0.289 e. The number of rotatable bonds is 1. The van der Waals surface area contributed by atoms with Gasteiger partial charge in [0.05, 0.1) is 0 Å². The van der Waals surface area contributed by atoms with Gasteiger partial charge in [-0.2, -0.15) is 0 Å². The normalized spacial score (nSPS) is 18.6. The lowest BCUT2D eigenvalue weighted by molar-refractivity contribution is -0.112. The van der Waals surface area contributed by atoms with E-state index in [0.717, 1.165) is 21.7 Å². The molecule has 1 aromatic rings. The third-order valence-electron chi connectivity index (χ3n) is 3.36. The van der Waals surface area contributed by atoms with E-state index in [9.17, 15) is 4.79 Å². The molecule has 0 amide bonds. The summed E-state index contributed by atoms with van der Waals surface area (Å²) in [5.74, 6) is 0.136. The third-order valence-corrected chi connectivity index (χ3v) is 6.09. The lowest BCUT2D eigenvalue weighted by atomic mass is 9.95. The maximum atomic E-state index is 11.8. The van der Waals surface area contributed by atoms with Crippen LogP contribution >= 0.6 is 33.2 Å². The Kier molecular flexibility index (Phi) is 4.16. The monoisotopic (exact) mass is 332 g/mol. The third kappa shape index (κ3) is 3.05. The van der Waals surface area contributed by atoms with Crippen LogP contribution in [-0.2, 0) is 4.79 Å². The molecule has 1 aliphatic heterocycles. The molecule has 3 rings (SSSR count). The number of halogens is 1. The summed E-state index contributed by atoms with van der Waals surface area (Å²) in [6.45, 7) is 3.74. The number of hydrogen-bond donors (Lipinski definition) is 0. The van der Waals surface area contributed by atoms with Gasteiger partial charge in [-0.25, -0.2) is 0 Å². The highest BCUT2D eigenvalue weighted by molar-refractivity contribution is 8.82. The van der Waals surface area contributed by atoms with Gasteiger partial charge in [0.25, 0.3) is 0 Å². The van der Waals surface area contributed by atoms with E-state index in [4.69, 9.17) is 11.6 Å². The van der Waals surface area contributed by atoms with E-state index in [-0.39, 0.29) is 5.78 Å². The van der Waals surface area contributed by atoms with Crippen LogP contribution in [0.5, 0.6) is 0 Å². The first-order valence-electron chi connectivity index (χ1n) is 6.52. The van der Waals surface area contributed by atoms with Crippen molar-refractivity contribution in [3.8, 4) is 0 Å². The molecule has 0 saturated carbocycles. The molecule has 1 aromatic carbocycles. The van der Waals surface area contributed by atoms with Crippen molar-refractivity contribution in [3.05, 3.63) is 74.7 Å². The van der Waals surface area contributed by atoms with Gasteiger partial charge in [0.2, 0.25) is 0 Å². The van der Waals surface area contributed by atoms with Crippen molar-refractivity contribution in [2.45, 2.75) is 13.8 Å². The van der Waals surface area contributed by atoms with Gasteiger partial charge in [-0.1, -0.05) is 45.3 Å². The van der Waals surface area contributed by atoms with Gasteiger partial charge in [-0.3, -0.25) is 4.79 Å². The molecule has 0 atom stereocenters. The van der Waals surface area contributed by atoms with Crippen molar-refractivity contribution in [2.75, 3.05) is 0 Å². The van der Waals surface area contributed by atoms with Crippen molar-refractivity contribution in [2.24, 2.45) is 0 Å². The standard InChI is InChI=1S/C17H13ClOS2/c1-10-7-13(8-11(2)17(10)19)16-9-15(20-21-16)12-3-5-14(18)6-4-12/h3-9H,1-2H3. The highest BCUT2D eigenvalue weighted by Crippen LogP contribution is 2.51. The lowest BCUT2D eigenvalue weighted by Gasteiger charge is -2.10. The SMILES string of the molecule is CC1=CC(=C2C=C(c3ccc(Cl)cc3)SS2)C=C(C)C1=O. The summed E-state index contributed by atoms with van der Waals surface area (Å²) in [6, 6.07) is 7.87. The van der Waals surface area contributed by atoms with E-state index < -0.39 is 0 Å². The molecule has 4 heteroatoms. The van der Waals surface area contributed by atoms with E-state index in [1.165, 1.54) is 15.4 Å². The van der Waals surface area contributed by atoms with Crippen molar-refractivity contribution in [1.29, 1.82) is 0 Å². The van der Waals surface area contributed by atoms with Crippen LogP contribution in [0.3, 0.4) is 0 Å². The van der Waals surface area contributed by atoms with Crippen molar-refractivity contribution >= 4 is 43.9 Å². The van der Waals surface area contributed by atoms with Crippen molar-refractivity contribution in [1.82, 2.24) is 0 Å². The van der Waals surface area contributed by atoms with E-state index in [1.807, 2.05) is 50.3 Å². The second-order valence-corrected chi connectivity index (χ2v) is 7.63. The van der Waals surface area contributed by atoms with Crippen LogP contribution in [0.25, 0.3) is 4.91 Å². The number of allylic oxidation sites excluding steroid dienone is 6. The lowest BCUT2D eigenvalue weighted by Crippen LogP contribution is -2.06. The maximum absolute atomic E-state index is 11.8. The van der Waals surface area contributed by atoms with Crippen LogP contribution in [0.1, 0.15) is 19.4 Å². The van der Waals surface area contributed by atoms with Crippen LogP contribution < -0.4 is 0 Å². The number of benzene rings is 1. The van der Waals surface area contributed by atoms with Crippen molar-refractivity contribution < 1.29 is 4.79 Å². The molecule has 0 radical (unpaired) electrons. The Balaban J connectivity index is 1.97. The van der Waals surface area contributed by atoms with Crippen LogP contribution in [0.2, 0.25) is 5.02 Å². The van der Waals surface area contributed by atoms with E-state index >= 15 is 0 Å². The van der Waals surface area contributed by atoms with Crippen molar-refractivity contribution in [3.63, 3.8) is 0 Å². The smallest absolute Gasteiger partial charge is 0.184 e. The Morgan fingerprint density at radius 3 is 2.14 bits per heavy atom. The minimum Gasteiger partial charge on any atom is -0.289 e. The van der Waals surface area contributed by atoms with Crippen LogP contribution in [-0.4, -0.2) is 5.78 Å². The fourth-order valence-electron chi connectivity index (χ4n) is 2.23. The second kappa shape index (κ2) is 5.91. The average molecular weight is 333 g/mol. The zero-order chi connectivity index (χ0) is 15.0. The maximum Gasteiger partial charge on any atom is 0.184 e. The van der Waals surface area contributed by atoms with Crippen LogP contribution in [0.15, 0.2) is 64.1 Å². The zero-order valence-electron chi connectivity index (χ0n) is 11.6. The second-order valence-electron chi connectivity index (χ2n) is 4.99. The molecule has 1 heterocycles. The molecule has 0 aromatic heterocycles. The quantitative estimate of drug-likeness (QED) is 0.604. The molecule has 0 unspecified atom stereocenters. The Morgan fingerprint density at radius 2 is 1.52 bits per heavy atom. The molecule has 0 fully saturated rings. The number of carbonyl (C=O) groups is 1. The summed E-state index contributed by atoms with van der Waals surface area (Å²) < 4.78 is 0. The van der Waals surface area contributed by atoms with Gasteiger partial charge in [0.15, 0.2) is 5.78 Å². The molecule has 2 aliphatic rings. The molecule has 1 aliphatic carbocycles. The first kappa shape index (κ1) is 14.8. The molecule has 1 nitrogen and oxygen atoms in total. The minimum absolute atomic E-state index is 0.136. The Bertz CT molecular complexity index is 713. The molecular weight excluding hydrogens is 320 g/mol. The Labute approximate surface area is 137 Å². The van der Waals surface area contributed by atoms with Gasteiger partial charge in [-0.05, 0) is 66.5 Å². The Morgan fingerprint density at radius 1 is 0.905 bits per heavy atom. The van der Waals surface area contributed by atoms with Crippen LogP contribution in [0.4, 0.5) is 0 Å². The van der Waals surface area contributed by atoms with E-state index in [2.05, 4.69) is 6.08 Å². The summed E-state index contributed by atoms with van der Waals surface area (Å²) in [5, 5.41) is 0.747. The average Bonchev–Trinajstić information content (AvgIpc) is 2.95. The molecule has 0 spiro atoms. The highest BCUT2D eigenvalue weighted by atomic mass is 35.5. The molecular formula is C17H13ClOS2. The topological polar surface area (TPSA) is 17.1 Å². The fraction of sp³-hybridized carbons (Fsp3) is 0.118. The highest BCUT2D eigenvalue weighted by Gasteiger charge is 2.19. The van der Waals surface area contributed by atoms with E-state index in [1.54, 1.807) is 21.6 Å². The summed E-state index contributed by atoms with van der Waals surface area (Å²) in [6.07, 6.45) is 6.12. The first-order chi connectivity index (χ1) is 10.0. The zero-order valence-corrected chi connectivity index (χ0v) is 14.0. The van der Waals surface area contributed by atoms with Crippen LogP contribution in [0, 0.1) is 0 Å². The fourth-order valence-corrected chi connectivity index (χ4v) is 4.79. The summed E-state index contributed by atoms with van der Waals surface area (Å²) >= 11 is 5.93. The summed E-state index contributed by atoms with van der Waals surface area (Å²) in [4.78, 5) is 14.2. The molecule has 0 saturated heterocycles. The molecule has 106 valence electrons. The van der Waals surface area contributed by atoms with Gasteiger partial charge in [-0.15, -0.1) is 0 Å². The molecule has 0 bridgehead atoms. The summed E-state index contributed by atoms with van der Waals surface area (Å²) in [7, 11) is 3.47. The number of ketones is 1. The number of hydrogen-bond acceptors (Lipinski definition) is 3. The van der Waals surface area contributed by atoms with Gasteiger partial charge < -0.3 is 0 Å². The minimum atomic E-state index is 0.136. The predicted molar refractivity (Wildman–Crippen MR) is 94.2 cm³/mol. The summed E-state index contributed by atoms with van der Waals surface area (Å²) in [5.41, 5.74) is 3.89. The number of Topliss-reactive ketones (excluding diaryl/α,β-unsaturated/α-hetero) is 1. The first-order valence-corrected chi connectivity index (χ1v) is 9.05. The molecule has 0 N–H and O–H groups in total. The van der Waals surface area contributed by atoms with Gasteiger partial charge >= 0.3 is 0 Å². The molecule has 21 heavy (non-hydrogen) atoms. The number of carbonyl (C=O) groups excluding carboxylic acids is 1. The van der Waals surface area contributed by atoms with E-state index in [0.29, 0.717) is 0 Å². The predicted octanol–water partition coefficient (Wildman–Crippen LogP) is 5.81. The van der Waals surface area contributed by atoms with Gasteiger partial charge in [0.1, 0.15) is 0 Å².